The van der Waals surface area contributed by atoms with Gasteiger partial charge in [-0.25, -0.2) is 0 Å². The van der Waals surface area contributed by atoms with Crippen LogP contribution in [0.25, 0.3) is 0 Å². The van der Waals surface area contributed by atoms with Crippen molar-refractivity contribution in [2.24, 2.45) is 37.9 Å². The number of hydrogen-bond donors (Lipinski definition) is 0. The summed E-state index contributed by atoms with van der Waals surface area (Å²) in [5.74, 6) is -4.94. The lowest BCUT2D eigenvalue weighted by Gasteiger charge is -2.36. The highest BCUT2D eigenvalue weighted by molar-refractivity contribution is 5.82. The molecule has 21 heteroatoms. The molecule has 0 amide bonds. The van der Waals surface area contributed by atoms with E-state index >= 15 is 0 Å². The fourth-order valence-corrected chi connectivity index (χ4v) is 6.39. The molecule has 0 radical (unpaired) electrons. The molecule has 2 unspecified atom stereocenters. The molecule has 0 aliphatic carbocycles. The minimum Gasteiger partial charge on any atom is -0.496 e. The first-order chi connectivity index (χ1) is 31.7. The van der Waals surface area contributed by atoms with E-state index in [2.05, 4.69) is 6.58 Å². The van der Waals surface area contributed by atoms with Crippen molar-refractivity contribution in [1.29, 1.82) is 0 Å². The topological polar surface area (TPSA) is 241 Å². The SMILES string of the molecule is C=C(OCC(C)(COC(=O)C(C)(COC(=O)C(C)(COC)COC)COC(=O)C(C)(COC)COC)C(=O)OC)C(C)(COC(=O)C(C)(COC)COC)COC(=O)C(C)(COCC)COCC. The van der Waals surface area contributed by atoms with E-state index in [-0.39, 0.29) is 58.6 Å². The third-order valence-corrected chi connectivity index (χ3v) is 11.0. The van der Waals surface area contributed by atoms with Gasteiger partial charge in [-0.15, -0.1) is 0 Å². The van der Waals surface area contributed by atoms with Crippen molar-refractivity contribution in [3.8, 4) is 0 Å². The second-order valence-corrected chi connectivity index (χ2v) is 18.9. The van der Waals surface area contributed by atoms with E-state index in [1.165, 1.54) is 56.5 Å². The summed E-state index contributed by atoms with van der Waals surface area (Å²) in [6, 6.07) is 0. The van der Waals surface area contributed by atoms with Gasteiger partial charge in [-0.2, -0.15) is 0 Å². The van der Waals surface area contributed by atoms with Gasteiger partial charge in [-0.05, 0) is 62.3 Å². The predicted octanol–water partition coefficient (Wildman–Crippen LogP) is 3.40. The average molecular weight is 983 g/mol. The summed E-state index contributed by atoms with van der Waals surface area (Å²) in [5, 5.41) is 0. The van der Waals surface area contributed by atoms with Crippen LogP contribution in [0.5, 0.6) is 0 Å². The molecule has 0 rings (SSSR count). The molecule has 0 aliphatic rings. The molecule has 0 heterocycles. The maximum absolute atomic E-state index is 14.2. The molecule has 0 N–H and O–H groups in total. The zero-order valence-electron chi connectivity index (χ0n) is 43.6. The molecule has 0 aromatic heterocycles. The highest BCUT2D eigenvalue weighted by Gasteiger charge is 2.47. The fourth-order valence-electron chi connectivity index (χ4n) is 6.39. The molecule has 0 aromatic carbocycles. The first kappa shape index (κ1) is 64.0. The second-order valence-electron chi connectivity index (χ2n) is 18.9. The van der Waals surface area contributed by atoms with Crippen LogP contribution in [0.4, 0.5) is 0 Å². The standard InChI is InChI=1S/C47H82O21/c1-18-61-26-45(8,27-62-19-2)39(52)65-29-41(4,28-64-36(49)42(5,20-54-11)21-55-12)34(3)63-30-46(9,35(48)60-17)31-66-40(53)47(10,32-67-37(50)43(6,22-56-13)23-57-14)33-68-38(51)44(7,24-58-15)25-59-16/h3,18-33H2,1-2,4-17H3. The monoisotopic (exact) mass is 983 g/mol. The summed E-state index contributed by atoms with van der Waals surface area (Å²) in [7, 11) is 9.56. The zero-order valence-corrected chi connectivity index (χ0v) is 43.6. The quantitative estimate of drug-likeness (QED) is 0.0489. The van der Waals surface area contributed by atoms with Crippen LogP contribution >= 0.6 is 0 Å². The Morgan fingerprint density at radius 1 is 0.309 bits per heavy atom. The predicted molar refractivity (Wildman–Crippen MR) is 243 cm³/mol. The van der Waals surface area contributed by atoms with Crippen LogP contribution in [-0.2, 0) is 99.8 Å². The number of carbonyl (C=O) groups is 6. The van der Waals surface area contributed by atoms with Crippen molar-refractivity contribution in [3.05, 3.63) is 12.3 Å². The van der Waals surface area contributed by atoms with Gasteiger partial charge in [-0.1, -0.05) is 6.58 Å². The third-order valence-electron chi connectivity index (χ3n) is 11.0. The van der Waals surface area contributed by atoms with E-state index in [1.807, 2.05) is 0 Å². The molecule has 0 bridgehead atoms. The lowest BCUT2D eigenvalue weighted by atomic mass is 9.88. The molecule has 0 saturated carbocycles. The van der Waals surface area contributed by atoms with Crippen LogP contribution in [0.1, 0.15) is 62.3 Å². The van der Waals surface area contributed by atoms with E-state index in [0.717, 1.165) is 7.11 Å². The highest BCUT2D eigenvalue weighted by Crippen LogP contribution is 2.34. The van der Waals surface area contributed by atoms with Gasteiger partial charge in [0.05, 0.1) is 65.4 Å². The Hall–Kier alpha value is -3.96. The lowest BCUT2D eigenvalue weighted by molar-refractivity contribution is -0.183. The third kappa shape index (κ3) is 19.1. The summed E-state index contributed by atoms with van der Waals surface area (Å²) in [5.41, 5.74) is -10.1. The number of esters is 6. The summed E-state index contributed by atoms with van der Waals surface area (Å²) in [4.78, 5) is 81.8. The van der Waals surface area contributed by atoms with Gasteiger partial charge < -0.3 is 71.1 Å². The summed E-state index contributed by atoms with van der Waals surface area (Å²) in [6.45, 7) is 15.1. The Kier molecular flexibility index (Phi) is 28.2. The smallest absolute Gasteiger partial charge is 0.318 e. The zero-order chi connectivity index (χ0) is 52.5. The number of ether oxygens (including phenoxy) is 15. The minimum atomic E-state index is -1.86. The maximum Gasteiger partial charge on any atom is 0.318 e. The van der Waals surface area contributed by atoms with Crippen LogP contribution in [0, 0.1) is 37.9 Å². The van der Waals surface area contributed by atoms with Crippen molar-refractivity contribution >= 4 is 35.8 Å². The van der Waals surface area contributed by atoms with Gasteiger partial charge >= 0.3 is 35.8 Å². The number of carbonyl (C=O) groups excluding carboxylic acids is 6. The normalized spacial score (nSPS) is 14.2. The number of rotatable bonds is 38. The fraction of sp³-hybridized carbons (Fsp3) is 0.830. The van der Waals surface area contributed by atoms with Crippen LogP contribution in [0.3, 0.4) is 0 Å². The summed E-state index contributed by atoms with van der Waals surface area (Å²) >= 11 is 0. The Morgan fingerprint density at radius 2 is 0.515 bits per heavy atom. The molecule has 2 atom stereocenters. The van der Waals surface area contributed by atoms with E-state index in [4.69, 9.17) is 71.1 Å². The van der Waals surface area contributed by atoms with Crippen molar-refractivity contribution in [2.45, 2.75) is 62.3 Å². The highest BCUT2D eigenvalue weighted by atomic mass is 16.6. The van der Waals surface area contributed by atoms with E-state index < -0.39 is 113 Å². The van der Waals surface area contributed by atoms with Crippen LogP contribution in [0.2, 0.25) is 0 Å². The van der Waals surface area contributed by atoms with Crippen LogP contribution in [0.15, 0.2) is 12.3 Å². The van der Waals surface area contributed by atoms with Crippen LogP contribution in [-0.4, -0.2) is 191 Å². The number of methoxy groups -OCH3 is 7. The Labute approximate surface area is 403 Å². The van der Waals surface area contributed by atoms with Gasteiger partial charge in [0.2, 0.25) is 0 Å². The molecule has 396 valence electrons. The molecule has 0 fully saturated rings. The first-order valence-electron chi connectivity index (χ1n) is 22.1. The first-order valence-corrected chi connectivity index (χ1v) is 22.1. The van der Waals surface area contributed by atoms with Crippen molar-refractivity contribution in [3.63, 3.8) is 0 Å². The summed E-state index contributed by atoms with van der Waals surface area (Å²) in [6.07, 6.45) is 0. The molecular formula is C47H82O21. The average Bonchev–Trinajstić information content (AvgIpc) is 3.30. The molecule has 0 aliphatic heterocycles. The van der Waals surface area contributed by atoms with Gasteiger partial charge in [-0.3, -0.25) is 28.8 Å². The van der Waals surface area contributed by atoms with E-state index in [0.29, 0.717) is 13.2 Å². The molecule has 0 spiro atoms. The van der Waals surface area contributed by atoms with Crippen LogP contribution < -0.4 is 0 Å². The van der Waals surface area contributed by atoms with Gasteiger partial charge in [0.15, 0.2) is 0 Å². The second kappa shape index (κ2) is 29.9. The molecular weight excluding hydrogens is 900 g/mol. The van der Waals surface area contributed by atoms with Crippen molar-refractivity contribution in [2.75, 3.05) is 155 Å². The minimum absolute atomic E-state index is 0.0139. The number of hydrogen-bond acceptors (Lipinski definition) is 21. The van der Waals surface area contributed by atoms with Gasteiger partial charge in [0.25, 0.3) is 0 Å². The molecule has 21 nitrogen and oxygen atoms in total. The summed E-state index contributed by atoms with van der Waals surface area (Å²) < 4.78 is 82.5. The van der Waals surface area contributed by atoms with Crippen molar-refractivity contribution in [1.82, 2.24) is 0 Å². The maximum atomic E-state index is 14.2. The van der Waals surface area contributed by atoms with Gasteiger partial charge in [0.1, 0.15) is 77.9 Å². The molecule has 68 heavy (non-hydrogen) atoms. The van der Waals surface area contributed by atoms with Gasteiger partial charge in [0, 0.05) is 55.9 Å². The molecule has 0 saturated heterocycles. The molecule has 0 aromatic rings. The largest absolute Gasteiger partial charge is 0.496 e. The van der Waals surface area contributed by atoms with E-state index in [9.17, 15) is 28.8 Å². The lowest BCUT2D eigenvalue weighted by Crippen LogP contribution is -2.47. The Morgan fingerprint density at radius 3 is 0.750 bits per heavy atom. The Balaban J connectivity index is 6.91. The van der Waals surface area contributed by atoms with E-state index in [1.54, 1.807) is 48.5 Å². The Bertz CT molecular complexity index is 1530. The van der Waals surface area contributed by atoms with Crippen molar-refractivity contribution < 1.29 is 99.8 Å².